The van der Waals surface area contributed by atoms with Gasteiger partial charge in [-0.2, -0.15) is 4.98 Å². The molecule has 22 heavy (non-hydrogen) atoms. The third-order valence-corrected chi connectivity index (χ3v) is 5.81. The Morgan fingerprint density at radius 3 is 2.00 bits per heavy atom. The molecule has 0 amide bonds. The van der Waals surface area contributed by atoms with Crippen LogP contribution in [-0.4, -0.2) is 79.8 Å². The summed E-state index contributed by atoms with van der Waals surface area (Å²) in [4.78, 5) is 12.4. The Morgan fingerprint density at radius 1 is 1.05 bits per heavy atom. The molecule has 0 N–H and O–H groups in total. The fraction of sp³-hybridized carbons (Fsp3) is 0.750. The number of hydrogen-bond donors (Lipinski definition) is 1. The Morgan fingerprint density at radius 2 is 1.59 bits per heavy atom. The average Bonchev–Trinajstić information content (AvgIpc) is 2.45. The van der Waals surface area contributed by atoms with Crippen molar-refractivity contribution < 1.29 is 13.3 Å². The molecule has 0 aliphatic carbocycles. The molecule has 10 heteroatoms. The standard InChI is InChI=1S/C12H24N4O3SSi.Na.H/c1-5-9-16(11-13-10-14-12(20)15-11)21(17-6-2,18-7-3)19-8-4;;/h10H,5-9H2,1-4H3,(H,13,14,15,20);;. The van der Waals surface area contributed by atoms with Crippen LogP contribution in [0.15, 0.2) is 11.5 Å². The first kappa shape index (κ1) is 22.3. The number of nitrogens with zero attached hydrogens (tertiary/aromatic N) is 4. The summed E-state index contributed by atoms with van der Waals surface area (Å²) >= 11 is 4.17. The van der Waals surface area contributed by atoms with Crippen molar-refractivity contribution in [3.63, 3.8) is 0 Å². The van der Waals surface area contributed by atoms with Crippen molar-refractivity contribution in [3.8, 4) is 0 Å². The quantitative estimate of drug-likeness (QED) is 0.500. The molecule has 1 aromatic heterocycles. The van der Waals surface area contributed by atoms with Crippen LogP contribution in [-0.2, 0) is 13.3 Å². The summed E-state index contributed by atoms with van der Waals surface area (Å²) in [6.07, 6.45) is 2.31. The minimum atomic E-state index is -3.06. The first-order valence-corrected chi connectivity index (χ1v) is 9.32. The molecule has 1 heterocycles. The fourth-order valence-electron chi connectivity index (χ4n) is 1.90. The fourth-order valence-corrected chi connectivity index (χ4v) is 4.70. The maximum atomic E-state index is 5.91. The number of thiol groups is 1. The van der Waals surface area contributed by atoms with Crippen molar-refractivity contribution in [1.82, 2.24) is 15.0 Å². The van der Waals surface area contributed by atoms with Crippen molar-refractivity contribution >= 4 is 57.1 Å². The van der Waals surface area contributed by atoms with Gasteiger partial charge in [0.25, 0.3) is 0 Å². The molecule has 7 nitrogen and oxygen atoms in total. The Hall–Kier alpha value is 0.257. The van der Waals surface area contributed by atoms with Gasteiger partial charge in [-0.05, 0) is 27.2 Å². The second kappa shape index (κ2) is 11.7. The Balaban J connectivity index is 0.00000441. The molecule has 0 fully saturated rings. The molecule has 1 aromatic rings. The third kappa shape index (κ3) is 6.04. The van der Waals surface area contributed by atoms with Gasteiger partial charge in [-0.1, -0.05) is 6.92 Å². The summed E-state index contributed by atoms with van der Waals surface area (Å²) < 4.78 is 19.6. The van der Waals surface area contributed by atoms with Crippen LogP contribution in [0.2, 0.25) is 0 Å². The van der Waals surface area contributed by atoms with E-state index in [1.807, 2.05) is 25.3 Å². The average molecular weight is 357 g/mol. The van der Waals surface area contributed by atoms with Gasteiger partial charge in [0, 0.05) is 26.4 Å². The zero-order valence-corrected chi connectivity index (χ0v) is 15.0. The van der Waals surface area contributed by atoms with Crippen LogP contribution in [0.25, 0.3) is 0 Å². The molecular formula is C12H25N4NaO3SSi. The Labute approximate surface area is 161 Å². The summed E-state index contributed by atoms with van der Waals surface area (Å²) in [5.74, 6) is 0.471. The van der Waals surface area contributed by atoms with Crippen LogP contribution < -0.4 is 4.57 Å². The molecule has 0 aromatic carbocycles. The molecule has 0 aliphatic rings. The molecule has 0 aliphatic heterocycles. The number of anilines is 1. The van der Waals surface area contributed by atoms with E-state index < -0.39 is 8.97 Å². The van der Waals surface area contributed by atoms with Crippen molar-refractivity contribution in [2.45, 2.75) is 39.3 Å². The van der Waals surface area contributed by atoms with Crippen LogP contribution in [0.4, 0.5) is 5.95 Å². The number of hydrogen-bond acceptors (Lipinski definition) is 8. The third-order valence-electron chi connectivity index (χ3n) is 2.55. The van der Waals surface area contributed by atoms with E-state index in [-0.39, 0.29) is 29.6 Å². The van der Waals surface area contributed by atoms with E-state index in [9.17, 15) is 0 Å². The van der Waals surface area contributed by atoms with E-state index in [1.165, 1.54) is 6.33 Å². The molecule has 0 spiro atoms. The van der Waals surface area contributed by atoms with Gasteiger partial charge in [0.2, 0.25) is 5.95 Å². The summed E-state index contributed by atoms with van der Waals surface area (Å²) in [6.45, 7) is 9.97. The van der Waals surface area contributed by atoms with E-state index in [0.29, 0.717) is 37.5 Å². The predicted octanol–water partition coefficient (Wildman–Crippen LogP) is 1.27. The van der Waals surface area contributed by atoms with Crippen molar-refractivity contribution in [2.24, 2.45) is 0 Å². The van der Waals surface area contributed by atoms with Crippen molar-refractivity contribution in [2.75, 3.05) is 30.9 Å². The van der Waals surface area contributed by atoms with Gasteiger partial charge in [0.15, 0.2) is 5.16 Å². The second-order valence-electron chi connectivity index (χ2n) is 4.06. The number of aromatic nitrogens is 3. The number of rotatable bonds is 10. The van der Waals surface area contributed by atoms with Gasteiger partial charge in [-0.3, -0.25) is 4.57 Å². The topological polar surface area (TPSA) is 69.6 Å². The molecule has 122 valence electrons. The maximum absolute atomic E-state index is 5.91. The minimum absolute atomic E-state index is 0. The van der Waals surface area contributed by atoms with E-state index in [1.54, 1.807) is 0 Å². The zero-order chi connectivity index (χ0) is 15.7. The molecule has 0 atom stereocenters. The summed E-state index contributed by atoms with van der Waals surface area (Å²) in [5.41, 5.74) is 0. The summed E-state index contributed by atoms with van der Waals surface area (Å²) in [5, 5.41) is 0.355. The van der Waals surface area contributed by atoms with Gasteiger partial charge < -0.3 is 13.3 Å². The Bertz CT molecular complexity index is 416. The molecule has 0 radical (unpaired) electrons. The molecule has 0 saturated carbocycles. The zero-order valence-electron chi connectivity index (χ0n) is 13.1. The van der Waals surface area contributed by atoms with Crippen LogP contribution >= 0.6 is 12.6 Å². The molecule has 0 saturated heterocycles. The molecule has 1 rings (SSSR count). The molecular weight excluding hydrogens is 331 g/mol. The van der Waals surface area contributed by atoms with E-state index in [2.05, 4.69) is 34.5 Å². The normalized spacial score (nSPS) is 11.1. The monoisotopic (exact) mass is 356 g/mol. The van der Waals surface area contributed by atoms with Crippen LogP contribution in [0, 0.1) is 0 Å². The van der Waals surface area contributed by atoms with Gasteiger partial charge >= 0.3 is 38.5 Å². The van der Waals surface area contributed by atoms with Crippen molar-refractivity contribution in [1.29, 1.82) is 0 Å². The predicted molar refractivity (Wildman–Crippen MR) is 92.5 cm³/mol. The van der Waals surface area contributed by atoms with Crippen LogP contribution in [0.1, 0.15) is 34.1 Å². The van der Waals surface area contributed by atoms with Gasteiger partial charge in [-0.25, -0.2) is 9.97 Å². The first-order chi connectivity index (χ1) is 10.1. The van der Waals surface area contributed by atoms with Crippen molar-refractivity contribution in [3.05, 3.63) is 6.33 Å². The summed E-state index contributed by atoms with van der Waals surface area (Å²) in [7, 11) is -3.06. The van der Waals surface area contributed by atoms with E-state index in [0.717, 1.165) is 6.42 Å². The molecule has 0 bridgehead atoms. The van der Waals surface area contributed by atoms with Crippen LogP contribution in [0.3, 0.4) is 0 Å². The van der Waals surface area contributed by atoms with Gasteiger partial charge in [0.05, 0.1) is 0 Å². The van der Waals surface area contributed by atoms with Gasteiger partial charge in [-0.15, -0.1) is 12.6 Å². The Kier molecular flexibility index (Phi) is 11.9. The SMILES string of the molecule is CCCN(c1ncnc(S)n1)[Si](OCC)(OCC)OCC.[NaH]. The van der Waals surface area contributed by atoms with E-state index in [4.69, 9.17) is 13.3 Å². The second-order valence-corrected chi connectivity index (χ2v) is 6.91. The van der Waals surface area contributed by atoms with Crippen LogP contribution in [0.5, 0.6) is 0 Å². The first-order valence-electron chi connectivity index (χ1n) is 7.20. The summed E-state index contributed by atoms with van der Waals surface area (Å²) in [6, 6.07) is 0. The molecule has 0 unspecified atom stereocenters. The van der Waals surface area contributed by atoms with E-state index >= 15 is 0 Å². The van der Waals surface area contributed by atoms with Gasteiger partial charge in [0.1, 0.15) is 6.33 Å².